The average Bonchev–Trinajstić information content (AvgIpc) is 2.39. The summed E-state index contributed by atoms with van der Waals surface area (Å²) >= 11 is 0. The third-order valence-corrected chi connectivity index (χ3v) is 1.75. The SMILES string of the molecule is C1=C\C=C/C=C\C=C/ON/N=C\C=C/C=C\C=C/1. The first-order valence-electron chi connectivity index (χ1n) is 5.59. The van der Waals surface area contributed by atoms with Crippen LogP contribution in [0.25, 0.3) is 0 Å². The summed E-state index contributed by atoms with van der Waals surface area (Å²) in [4.78, 5) is 4.90. The first-order chi connectivity index (χ1) is 9.00. The fraction of sp³-hybridized carbons (Fsp3) is 0. The second kappa shape index (κ2) is 11.0. The van der Waals surface area contributed by atoms with E-state index in [2.05, 4.69) is 10.7 Å². The van der Waals surface area contributed by atoms with Crippen molar-refractivity contribution in [2.24, 2.45) is 5.10 Å². The fourth-order valence-corrected chi connectivity index (χ4v) is 0.974. The van der Waals surface area contributed by atoms with Crippen LogP contribution in [0, 0.1) is 0 Å². The standard InChI is InChI=1S/C15H16N2O/c1-2-4-6-8-10-12-14-16-17-18-15-13-11-9-7-5-3-1/h1-15,17H/b3-1-,4-2-,7-5-,8-6-,11-9-,12-10-,15-13-,16-14-. The van der Waals surface area contributed by atoms with E-state index >= 15 is 0 Å². The molecule has 1 N–H and O–H groups in total. The Hall–Kier alpha value is -2.55. The van der Waals surface area contributed by atoms with Gasteiger partial charge in [-0.1, -0.05) is 66.8 Å². The minimum absolute atomic E-state index is 1.51. The summed E-state index contributed by atoms with van der Waals surface area (Å²) in [5, 5.41) is 3.80. The van der Waals surface area contributed by atoms with E-state index in [0.717, 1.165) is 0 Å². The van der Waals surface area contributed by atoms with Crippen LogP contribution >= 0.6 is 0 Å². The Morgan fingerprint density at radius 1 is 0.556 bits per heavy atom. The molecule has 0 fully saturated rings. The van der Waals surface area contributed by atoms with Gasteiger partial charge in [-0.2, -0.15) is 5.10 Å². The molecule has 0 unspecified atom stereocenters. The number of hydrazone groups is 1. The second-order valence-electron chi connectivity index (χ2n) is 3.13. The minimum Gasteiger partial charge on any atom is -0.373 e. The molecule has 0 saturated heterocycles. The van der Waals surface area contributed by atoms with Crippen LogP contribution in [-0.2, 0) is 4.84 Å². The van der Waals surface area contributed by atoms with Crippen molar-refractivity contribution < 1.29 is 4.84 Å². The van der Waals surface area contributed by atoms with Crippen LogP contribution in [0.3, 0.4) is 0 Å². The van der Waals surface area contributed by atoms with E-state index in [9.17, 15) is 0 Å². The Morgan fingerprint density at radius 3 is 1.56 bits per heavy atom. The van der Waals surface area contributed by atoms with Gasteiger partial charge in [-0.3, -0.25) is 0 Å². The second-order valence-corrected chi connectivity index (χ2v) is 3.13. The summed E-state index contributed by atoms with van der Waals surface area (Å²) in [6.45, 7) is 0. The molecule has 1 aliphatic heterocycles. The van der Waals surface area contributed by atoms with Gasteiger partial charge in [0, 0.05) is 0 Å². The quantitative estimate of drug-likeness (QED) is 0.704. The molecule has 0 radical (unpaired) electrons. The van der Waals surface area contributed by atoms with E-state index in [1.54, 1.807) is 18.4 Å². The lowest BCUT2D eigenvalue weighted by Gasteiger charge is -1.93. The van der Waals surface area contributed by atoms with Crippen molar-refractivity contribution in [1.29, 1.82) is 0 Å². The van der Waals surface area contributed by atoms with Crippen LogP contribution in [0.1, 0.15) is 0 Å². The number of nitrogens with zero attached hydrogens (tertiary/aromatic N) is 1. The smallest absolute Gasteiger partial charge is 0.121 e. The number of allylic oxidation sites excluding steroid dienone is 13. The molecule has 1 rings (SSSR count). The van der Waals surface area contributed by atoms with Crippen LogP contribution in [-0.4, -0.2) is 6.21 Å². The molecule has 0 atom stereocenters. The van der Waals surface area contributed by atoms with E-state index in [-0.39, 0.29) is 0 Å². The van der Waals surface area contributed by atoms with Gasteiger partial charge in [-0.25, -0.2) is 0 Å². The van der Waals surface area contributed by atoms with Gasteiger partial charge in [-0.05, 0) is 12.2 Å². The minimum atomic E-state index is 1.51. The molecule has 0 aromatic rings. The fourth-order valence-electron chi connectivity index (χ4n) is 0.974. The van der Waals surface area contributed by atoms with Crippen molar-refractivity contribution in [3.8, 4) is 0 Å². The molecule has 0 spiro atoms. The highest BCUT2D eigenvalue weighted by atomic mass is 16.7. The molecule has 3 nitrogen and oxygen atoms in total. The van der Waals surface area contributed by atoms with Gasteiger partial charge in [0.05, 0.1) is 6.21 Å². The first-order valence-corrected chi connectivity index (χ1v) is 5.59. The molecule has 0 bridgehead atoms. The predicted molar refractivity (Wildman–Crippen MR) is 76.7 cm³/mol. The van der Waals surface area contributed by atoms with Crippen molar-refractivity contribution in [1.82, 2.24) is 5.59 Å². The lowest BCUT2D eigenvalue weighted by molar-refractivity contribution is 0.139. The van der Waals surface area contributed by atoms with Gasteiger partial charge in [0.2, 0.25) is 0 Å². The van der Waals surface area contributed by atoms with Crippen molar-refractivity contribution in [2.75, 3.05) is 0 Å². The van der Waals surface area contributed by atoms with Crippen LogP contribution in [0.15, 0.2) is 90.4 Å². The monoisotopic (exact) mass is 240 g/mol. The summed E-state index contributed by atoms with van der Waals surface area (Å²) in [7, 11) is 0. The average molecular weight is 240 g/mol. The Kier molecular flexibility index (Phi) is 8.22. The summed E-state index contributed by atoms with van der Waals surface area (Å²) in [6.07, 6.45) is 27.9. The van der Waals surface area contributed by atoms with Gasteiger partial charge in [0.1, 0.15) is 6.26 Å². The summed E-state index contributed by atoms with van der Waals surface area (Å²) in [5.74, 6) is 0. The van der Waals surface area contributed by atoms with Crippen LogP contribution in [0.5, 0.6) is 0 Å². The normalized spacial score (nSPS) is 30.2. The van der Waals surface area contributed by atoms with Crippen molar-refractivity contribution in [3.05, 3.63) is 85.3 Å². The molecule has 1 aliphatic rings. The predicted octanol–water partition coefficient (Wildman–Crippen LogP) is 3.36. The molecule has 1 heterocycles. The highest BCUT2D eigenvalue weighted by molar-refractivity contribution is 5.71. The molecule has 0 saturated carbocycles. The van der Waals surface area contributed by atoms with Crippen molar-refractivity contribution in [2.45, 2.75) is 0 Å². The third-order valence-electron chi connectivity index (χ3n) is 1.75. The summed E-state index contributed by atoms with van der Waals surface area (Å²) < 4.78 is 0. The zero-order chi connectivity index (χ0) is 12.7. The molecular formula is C15H16N2O. The van der Waals surface area contributed by atoms with Gasteiger partial charge in [-0.15, -0.1) is 5.59 Å². The van der Waals surface area contributed by atoms with Gasteiger partial charge >= 0.3 is 0 Å². The topological polar surface area (TPSA) is 33.6 Å². The zero-order valence-corrected chi connectivity index (χ0v) is 10.0. The van der Waals surface area contributed by atoms with E-state index in [1.807, 2.05) is 66.8 Å². The summed E-state index contributed by atoms with van der Waals surface area (Å²) in [5.41, 5.74) is 2.42. The Labute approximate surface area is 107 Å². The maximum absolute atomic E-state index is 4.90. The Morgan fingerprint density at radius 2 is 1.00 bits per heavy atom. The third kappa shape index (κ3) is 8.73. The number of rotatable bonds is 0. The van der Waals surface area contributed by atoms with E-state index in [4.69, 9.17) is 4.84 Å². The van der Waals surface area contributed by atoms with Gasteiger partial charge in [0.25, 0.3) is 0 Å². The van der Waals surface area contributed by atoms with Crippen LogP contribution < -0.4 is 5.59 Å². The molecule has 0 aliphatic carbocycles. The maximum atomic E-state index is 4.90. The van der Waals surface area contributed by atoms with E-state index < -0.39 is 0 Å². The molecule has 0 aromatic heterocycles. The zero-order valence-electron chi connectivity index (χ0n) is 10.0. The largest absolute Gasteiger partial charge is 0.373 e. The lowest BCUT2D eigenvalue weighted by Crippen LogP contribution is -2.00. The van der Waals surface area contributed by atoms with Crippen molar-refractivity contribution >= 4 is 6.21 Å². The maximum Gasteiger partial charge on any atom is 0.121 e. The highest BCUT2D eigenvalue weighted by Gasteiger charge is 1.70. The van der Waals surface area contributed by atoms with Crippen LogP contribution in [0.2, 0.25) is 0 Å². The summed E-state index contributed by atoms with van der Waals surface area (Å²) in [6, 6.07) is 0. The first kappa shape index (κ1) is 13.5. The molecular weight excluding hydrogens is 224 g/mol. The number of hydrogen-bond acceptors (Lipinski definition) is 3. The van der Waals surface area contributed by atoms with Gasteiger partial charge < -0.3 is 4.84 Å². The molecule has 18 heavy (non-hydrogen) atoms. The molecule has 3 heteroatoms. The Bertz CT molecular complexity index is 393. The number of nitrogens with one attached hydrogen (secondary N) is 1. The van der Waals surface area contributed by atoms with Crippen LogP contribution in [0.4, 0.5) is 0 Å². The molecule has 0 aromatic carbocycles. The van der Waals surface area contributed by atoms with Gasteiger partial charge in [0.15, 0.2) is 0 Å². The number of hydrogen-bond donors (Lipinski definition) is 1. The molecule has 0 amide bonds. The van der Waals surface area contributed by atoms with E-state index in [0.29, 0.717) is 0 Å². The molecule has 92 valence electrons. The lowest BCUT2D eigenvalue weighted by atomic mass is 10.3. The highest BCUT2D eigenvalue weighted by Crippen LogP contribution is 1.85. The Balaban J connectivity index is 2.58. The van der Waals surface area contributed by atoms with E-state index in [1.165, 1.54) is 6.26 Å². The van der Waals surface area contributed by atoms with Crippen molar-refractivity contribution in [3.63, 3.8) is 0 Å².